The first-order valence-electron chi connectivity index (χ1n) is 6.68. The second-order valence-corrected chi connectivity index (χ2v) is 5.55. The van der Waals surface area contributed by atoms with Crippen molar-refractivity contribution in [3.63, 3.8) is 0 Å². The molecule has 132 valence electrons. The van der Waals surface area contributed by atoms with Crippen LogP contribution in [0.2, 0.25) is 0 Å². The van der Waals surface area contributed by atoms with Crippen LogP contribution in [0.15, 0.2) is 41.0 Å². The molecule has 9 nitrogen and oxygen atoms in total. The van der Waals surface area contributed by atoms with Gasteiger partial charge in [-0.25, -0.2) is 5.48 Å². The molecule has 2 aromatic carbocycles. The summed E-state index contributed by atoms with van der Waals surface area (Å²) in [4.78, 5) is 10.9. The number of rotatable bonds is 5. The number of hydroxylamine groups is 1. The van der Waals surface area contributed by atoms with Crippen molar-refractivity contribution in [3.8, 4) is 23.0 Å². The van der Waals surface area contributed by atoms with Crippen molar-refractivity contribution in [2.45, 2.75) is 4.90 Å². The van der Waals surface area contributed by atoms with E-state index in [1.165, 1.54) is 29.7 Å². The Morgan fingerprint density at radius 1 is 1.04 bits per heavy atom. The third kappa shape index (κ3) is 4.19. The average molecular weight is 366 g/mol. The molecule has 0 aliphatic rings. The van der Waals surface area contributed by atoms with Gasteiger partial charge in [0.2, 0.25) is 0 Å². The van der Waals surface area contributed by atoms with Gasteiger partial charge in [0.25, 0.3) is 0 Å². The number of aliphatic hydroxyl groups is 1. The fourth-order valence-corrected chi connectivity index (χ4v) is 2.53. The molecule has 2 rings (SSSR count). The van der Waals surface area contributed by atoms with Gasteiger partial charge in [0.15, 0.2) is 17.3 Å². The molecular weight excluding hydrogens is 352 g/mol. The van der Waals surface area contributed by atoms with Gasteiger partial charge in [-0.2, -0.15) is 0 Å². The number of phenols is 4. The summed E-state index contributed by atoms with van der Waals surface area (Å²) in [5.74, 6) is -3.82. The monoisotopic (exact) mass is 366 g/mol. The summed E-state index contributed by atoms with van der Waals surface area (Å²) in [5.41, 5.74) is 1.56. The van der Waals surface area contributed by atoms with E-state index in [9.17, 15) is 30.3 Å². The van der Waals surface area contributed by atoms with Crippen LogP contribution in [0, 0.1) is 0 Å². The summed E-state index contributed by atoms with van der Waals surface area (Å²) >= 11 is 0.750. The standard InChI is InChI=1S/C15H14N2O7S/c18-9-3-1-8(2-4-9)17-25-14-12(21)7(5-10(19)13(14)22)6-11(20)15(23)16-24/h1-6,17-22,24H,(H,16,23)/b11-6-. The number of amides is 1. The normalized spacial score (nSPS) is 11.2. The zero-order valence-electron chi connectivity index (χ0n) is 12.5. The molecule has 0 radical (unpaired) electrons. The molecule has 0 bridgehead atoms. The SMILES string of the molecule is O=C(NO)/C(O)=C/c1cc(O)c(O)c(SNc2ccc(O)cc2)c1O. The Bertz CT molecular complexity index is 822. The van der Waals surface area contributed by atoms with Gasteiger partial charge < -0.3 is 30.3 Å². The van der Waals surface area contributed by atoms with E-state index in [1.54, 1.807) is 0 Å². The Labute approximate surface area is 145 Å². The molecule has 25 heavy (non-hydrogen) atoms. The maximum atomic E-state index is 11.1. The van der Waals surface area contributed by atoms with Crippen molar-refractivity contribution in [2.75, 3.05) is 4.72 Å². The molecule has 0 atom stereocenters. The van der Waals surface area contributed by atoms with Crippen molar-refractivity contribution in [1.29, 1.82) is 0 Å². The Kier molecular flexibility index (Phi) is 5.47. The average Bonchev–Trinajstić information content (AvgIpc) is 2.60. The van der Waals surface area contributed by atoms with Crippen LogP contribution < -0.4 is 10.2 Å². The lowest BCUT2D eigenvalue weighted by atomic mass is 10.1. The number of carbonyl (C=O) groups excluding carboxylic acids is 1. The summed E-state index contributed by atoms with van der Waals surface area (Å²) in [6.07, 6.45) is 0.796. The highest BCUT2D eigenvalue weighted by Gasteiger charge is 2.18. The van der Waals surface area contributed by atoms with E-state index >= 15 is 0 Å². The summed E-state index contributed by atoms with van der Waals surface area (Å²) in [7, 11) is 0. The van der Waals surface area contributed by atoms with Crippen LogP contribution in [0.25, 0.3) is 6.08 Å². The lowest BCUT2D eigenvalue weighted by molar-refractivity contribution is -0.127. The van der Waals surface area contributed by atoms with Crippen molar-refractivity contribution in [3.05, 3.63) is 41.7 Å². The van der Waals surface area contributed by atoms with E-state index in [2.05, 4.69) is 4.72 Å². The molecule has 1 amide bonds. The lowest BCUT2D eigenvalue weighted by Crippen LogP contribution is -2.20. The first kappa shape index (κ1) is 18.1. The number of aliphatic hydroxyl groups excluding tert-OH is 1. The molecule has 0 fully saturated rings. The van der Waals surface area contributed by atoms with Gasteiger partial charge in [0.05, 0.1) is 0 Å². The molecule has 0 saturated heterocycles. The number of hydrogen-bond donors (Lipinski definition) is 8. The zero-order chi connectivity index (χ0) is 18.6. The predicted molar refractivity (Wildman–Crippen MR) is 89.6 cm³/mol. The van der Waals surface area contributed by atoms with Crippen LogP contribution in [-0.2, 0) is 4.79 Å². The maximum absolute atomic E-state index is 11.1. The second-order valence-electron chi connectivity index (χ2n) is 4.73. The summed E-state index contributed by atoms with van der Waals surface area (Å²) in [5, 5.41) is 57.0. The summed E-state index contributed by atoms with van der Waals surface area (Å²) in [6, 6.07) is 6.85. The second kappa shape index (κ2) is 7.55. The highest BCUT2D eigenvalue weighted by atomic mass is 32.2. The van der Waals surface area contributed by atoms with Gasteiger partial charge >= 0.3 is 5.91 Å². The van der Waals surface area contributed by atoms with Crippen LogP contribution in [0.5, 0.6) is 23.0 Å². The Balaban J connectivity index is 2.34. The number of hydrogen-bond acceptors (Lipinski definition) is 9. The van der Waals surface area contributed by atoms with E-state index in [0.29, 0.717) is 5.69 Å². The van der Waals surface area contributed by atoms with Gasteiger partial charge in [0.1, 0.15) is 16.4 Å². The minimum atomic E-state index is -1.22. The number of benzene rings is 2. The van der Waals surface area contributed by atoms with E-state index in [4.69, 9.17) is 5.21 Å². The minimum Gasteiger partial charge on any atom is -0.508 e. The first-order chi connectivity index (χ1) is 11.8. The molecule has 0 aromatic heterocycles. The van der Waals surface area contributed by atoms with Crippen molar-refractivity contribution in [2.24, 2.45) is 0 Å². The van der Waals surface area contributed by atoms with Crippen LogP contribution in [0.4, 0.5) is 5.69 Å². The summed E-state index contributed by atoms with van der Waals surface area (Å²) in [6.45, 7) is 0. The first-order valence-corrected chi connectivity index (χ1v) is 7.50. The third-order valence-electron chi connectivity index (χ3n) is 3.00. The van der Waals surface area contributed by atoms with Gasteiger partial charge in [-0.15, -0.1) is 0 Å². The third-order valence-corrected chi connectivity index (χ3v) is 3.93. The van der Waals surface area contributed by atoms with Crippen LogP contribution >= 0.6 is 11.9 Å². The van der Waals surface area contributed by atoms with Gasteiger partial charge in [-0.1, -0.05) is 0 Å². The number of nitrogens with one attached hydrogen (secondary N) is 2. The predicted octanol–water partition coefficient (Wildman–Crippen LogP) is 2.03. The number of anilines is 1. The highest BCUT2D eigenvalue weighted by Crippen LogP contribution is 2.45. The van der Waals surface area contributed by atoms with Crippen molar-refractivity contribution >= 4 is 29.6 Å². The molecule has 0 spiro atoms. The molecular formula is C15H14N2O7S. The topological polar surface area (TPSA) is 163 Å². The molecule has 0 heterocycles. The lowest BCUT2D eigenvalue weighted by Gasteiger charge is -2.12. The van der Waals surface area contributed by atoms with Crippen LogP contribution in [0.3, 0.4) is 0 Å². The largest absolute Gasteiger partial charge is 0.508 e. The van der Waals surface area contributed by atoms with Crippen LogP contribution in [-0.4, -0.2) is 36.6 Å². The molecule has 2 aromatic rings. The van der Waals surface area contributed by atoms with E-state index in [0.717, 1.165) is 24.1 Å². The molecule has 8 N–H and O–H groups in total. The molecule has 0 saturated carbocycles. The fourth-order valence-electron chi connectivity index (χ4n) is 1.76. The smallest absolute Gasteiger partial charge is 0.309 e. The van der Waals surface area contributed by atoms with E-state index in [-0.39, 0.29) is 16.2 Å². The van der Waals surface area contributed by atoms with Gasteiger partial charge in [-0.3, -0.25) is 10.0 Å². The molecule has 0 aliphatic carbocycles. The van der Waals surface area contributed by atoms with Crippen LogP contribution in [0.1, 0.15) is 5.56 Å². The Morgan fingerprint density at radius 3 is 2.28 bits per heavy atom. The molecule has 0 aliphatic heterocycles. The molecule has 0 unspecified atom stereocenters. The van der Waals surface area contributed by atoms with Gasteiger partial charge in [0, 0.05) is 11.3 Å². The minimum absolute atomic E-state index is 0.0589. The molecule has 10 heteroatoms. The number of phenolic OH excluding ortho intramolecular Hbond substituents is 4. The van der Waals surface area contributed by atoms with E-state index in [1.807, 2.05) is 0 Å². The number of aromatic hydroxyl groups is 4. The number of carbonyl (C=O) groups is 1. The quantitative estimate of drug-likeness (QED) is 0.0752. The summed E-state index contributed by atoms with van der Waals surface area (Å²) < 4.78 is 2.78. The maximum Gasteiger partial charge on any atom is 0.309 e. The Morgan fingerprint density at radius 2 is 1.68 bits per heavy atom. The zero-order valence-corrected chi connectivity index (χ0v) is 13.3. The van der Waals surface area contributed by atoms with Crippen molar-refractivity contribution in [1.82, 2.24) is 5.48 Å². The van der Waals surface area contributed by atoms with Crippen molar-refractivity contribution < 1.29 is 35.5 Å². The van der Waals surface area contributed by atoms with Gasteiger partial charge in [-0.05, 0) is 48.4 Å². The van der Waals surface area contributed by atoms with E-state index < -0.39 is 28.9 Å². The Hall–Kier alpha value is -3.24. The highest BCUT2D eigenvalue weighted by molar-refractivity contribution is 8.00. The fraction of sp³-hybridized carbons (Fsp3) is 0.